The van der Waals surface area contributed by atoms with Crippen molar-refractivity contribution in [3.05, 3.63) is 35.4 Å². The quantitative estimate of drug-likeness (QED) is 0.295. The second-order valence-electron chi connectivity index (χ2n) is 9.08. The van der Waals surface area contributed by atoms with Gasteiger partial charge in [0.25, 0.3) is 0 Å². The van der Waals surface area contributed by atoms with Crippen molar-refractivity contribution < 1.29 is 9.47 Å². The van der Waals surface area contributed by atoms with Crippen LogP contribution in [0.1, 0.15) is 57.1 Å². The zero-order valence-electron chi connectivity index (χ0n) is 19.5. The van der Waals surface area contributed by atoms with Crippen molar-refractivity contribution in [3.8, 4) is 0 Å². The van der Waals surface area contributed by atoms with Crippen LogP contribution < -0.4 is 10.6 Å². The Morgan fingerprint density at radius 1 is 1.06 bits per heavy atom. The van der Waals surface area contributed by atoms with Crippen molar-refractivity contribution in [2.24, 2.45) is 4.99 Å². The van der Waals surface area contributed by atoms with Crippen LogP contribution in [-0.4, -0.2) is 62.4 Å². The summed E-state index contributed by atoms with van der Waals surface area (Å²) in [6.07, 6.45) is 6.33. The molecule has 0 amide bonds. The van der Waals surface area contributed by atoms with Gasteiger partial charge in [0.2, 0.25) is 0 Å². The van der Waals surface area contributed by atoms with Crippen molar-refractivity contribution in [2.45, 2.75) is 70.7 Å². The molecule has 2 saturated heterocycles. The SMILES string of the molecule is CN=C(NCc1ccc(COC2CCOCC2)cc1)NCC(C)(C)N1CCCCC1.I. The standard InChI is InChI=1S/C24H40N4O2.HI/c1-24(2,28-13-5-4-6-14-28)19-27-23(25-3)26-17-20-7-9-21(10-8-20)18-30-22-11-15-29-16-12-22;/h7-10,22H,4-6,11-19H2,1-3H3,(H2,25,26,27);1H. The van der Waals surface area contributed by atoms with Crippen LogP contribution in [0.5, 0.6) is 0 Å². The molecule has 0 saturated carbocycles. The van der Waals surface area contributed by atoms with Gasteiger partial charge in [-0.3, -0.25) is 9.89 Å². The predicted octanol–water partition coefficient (Wildman–Crippen LogP) is 3.93. The molecule has 31 heavy (non-hydrogen) atoms. The van der Waals surface area contributed by atoms with Crippen LogP contribution in [0.15, 0.2) is 29.3 Å². The van der Waals surface area contributed by atoms with Gasteiger partial charge >= 0.3 is 0 Å². The number of ether oxygens (including phenoxy) is 2. The number of guanidine groups is 1. The number of piperidine rings is 1. The molecule has 0 radical (unpaired) electrons. The third kappa shape index (κ3) is 8.86. The summed E-state index contributed by atoms with van der Waals surface area (Å²) in [6, 6.07) is 8.65. The minimum Gasteiger partial charge on any atom is -0.381 e. The van der Waals surface area contributed by atoms with E-state index in [1.807, 2.05) is 7.05 Å². The molecule has 2 aliphatic rings. The molecule has 0 aliphatic carbocycles. The van der Waals surface area contributed by atoms with Crippen LogP contribution in [0.2, 0.25) is 0 Å². The lowest BCUT2D eigenvalue weighted by Gasteiger charge is -2.41. The molecule has 6 nitrogen and oxygen atoms in total. The maximum absolute atomic E-state index is 6.01. The molecule has 3 rings (SSSR count). The minimum absolute atomic E-state index is 0. The molecular weight excluding hydrogens is 503 g/mol. The van der Waals surface area contributed by atoms with Gasteiger partial charge in [-0.2, -0.15) is 0 Å². The number of aliphatic imine (C=N–C) groups is 1. The topological polar surface area (TPSA) is 58.1 Å². The average Bonchev–Trinajstić information content (AvgIpc) is 2.80. The fourth-order valence-electron chi connectivity index (χ4n) is 4.13. The van der Waals surface area contributed by atoms with E-state index in [4.69, 9.17) is 9.47 Å². The molecule has 2 N–H and O–H groups in total. The number of hydrogen-bond donors (Lipinski definition) is 2. The number of hydrogen-bond acceptors (Lipinski definition) is 4. The second kappa shape index (κ2) is 13.6. The summed E-state index contributed by atoms with van der Waals surface area (Å²) in [6.45, 7) is 11.0. The van der Waals surface area contributed by atoms with Gasteiger partial charge in [-0.1, -0.05) is 30.7 Å². The van der Waals surface area contributed by atoms with Gasteiger partial charge in [-0.25, -0.2) is 0 Å². The molecule has 2 heterocycles. The Morgan fingerprint density at radius 2 is 1.71 bits per heavy atom. The van der Waals surface area contributed by atoms with Crippen LogP contribution in [0.3, 0.4) is 0 Å². The summed E-state index contributed by atoms with van der Waals surface area (Å²) in [5.74, 6) is 0.854. The van der Waals surface area contributed by atoms with Gasteiger partial charge in [-0.05, 0) is 63.7 Å². The van der Waals surface area contributed by atoms with E-state index >= 15 is 0 Å². The van der Waals surface area contributed by atoms with Crippen molar-refractivity contribution in [2.75, 3.05) is 39.9 Å². The smallest absolute Gasteiger partial charge is 0.191 e. The first-order valence-corrected chi connectivity index (χ1v) is 11.5. The molecule has 2 fully saturated rings. The normalized spacial score (nSPS) is 19.0. The summed E-state index contributed by atoms with van der Waals surface area (Å²) in [5, 5.41) is 6.95. The Morgan fingerprint density at radius 3 is 2.35 bits per heavy atom. The molecule has 7 heteroatoms. The molecule has 1 aromatic rings. The first-order chi connectivity index (χ1) is 14.6. The lowest BCUT2D eigenvalue weighted by Crippen LogP contribution is -2.54. The Bertz CT molecular complexity index is 654. The van der Waals surface area contributed by atoms with E-state index in [1.165, 1.54) is 43.5 Å². The van der Waals surface area contributed by atoms with Crippen LogP contribution in [0.25, 0.3) is 0 Å². The molecule has 2 aliphatic heterocycles. The Hall–Kier alpha value is -0.900. The summed E-state index contributed by atoms with van der Waals surface area (Å²) in [7, 11) is 1.83. The van der Waals surface area contributed by atoms with E-state index in [-0.39, 0.29) is 29.5 Å². The Labute approximate surface area is 205 Å². The van der Waals surface area contributed by atoms with E-state index in [9.17, 15) is 0 Å². The number of nitrogens with zero attached hydrogens (tertiary/aromatic N) is 2. The maximum atomic E-state index is 6.01. The third-order valence-electron chi connectivity index (χ3n) is 6.26. The van der Waals surface area contributed by atoms with Crippen LogP contribution in [0.4, 0.5) is 0 Å². The largest absolute Gasteiger partial charge is 0.381 e. The zero-order chi connectivity index (χ0) is 21.2. The van der Waals surface area contributed by atoms with Gasteiger partial charge < -0.3 is 20.1 Å². The highest BCUT2D eigenvalue weighted by molar-refractivity contribution is 14.0. The predicted molar refractivity (Wildman–Crippen MR) is 138 cm³/mol. The van der Waals surface area contributed by atoms with E-state index in [0.717, 1.165) is 45.1 Å². The van der Waals surface area contributed by atoms with Crippen LogP contribution in [0, 0.1) is 0 Å². The molecule has 0 aromatic heterocycles. The highest BCUT2D eigenvalue weighted by Gasteiger charge is 2.27. The Kier molecular flexibility index (Phi) is 11.6. The number of rotatable bonds is 8. The van der Waals surface area contributed by atoms with E-state index in [1.54, 1.807) is 0 Å². The third-order valence-corrected chi connectivity index (χ3v) is 6.26. The van der Waals surface area contributed by atoms with Crippen LogP contribution in [-0.2, 0) is 22.6 Å². The van der Waals surface area contributed by atoms with Gasteiger partial charge in [0.1, 0.15) is 0 Å². The van der Waals surface area contributed by atoms with Crippen molar-refractivity contribution in [1.29, 1.82) is 0 Å². The highest BCUT2D eigenvalue weighted by atomic mass is 127. The van der Waals surface area contributed by atoms with E-state index in [2.05, 4.69) is 58.6 Å². The van der Waals surface area contributed by atoms with Gasteiger partial charge in [0.15, 0.2) is 5.96 Å². The van der Waals surface area contributed by atoms with Crippen molar-refractivity contribution in [1.82, 2.24) is 15.5 Å². The molecular formula is C24H41IN4O2. The average molecular weight is 545 g/mol. The minimum atomic E-state index is 0. The number of benzene rings is 1. The zero-order valence-corrected chi connectivity index (χ0v) is 21.8. The summed E-state index contributed by atoms with van der Waals surface area (Å²) in [5.41, 5.74) is 2.59. The first-order valence-electron chi connectivity index (χ1n) is 11.5. The Balaban J connectivity index is 0.00000341. The monoisotopic (exact) mass is 544 g/mol. The summed E-state index contributed by atoms with van der Waals surface area (Å²) in [4.78, 5) is 6.99. The van der Waals surface area contributed by atoms with Crippen molar-refractivity contribution >= 4 is 29.9 Å². The number of nitrogens with one attached hydrogen (secondary N) is 2. The van der Waals surface area contributed by atoms with E-state index in [0.29, 0.717) is 12.7 Å². The summed E-state index contributed by atoms with van der Waals surface area (Å²) < 4.78 is 11.4. The van der Waals surface area contributed by atoms with Gasteiger partial charge in [-0.15, -0.1) is 24.0 Å². The number of halogens is 1. The molecule has 0 atom stereocenters. The first kappa shape index (κ1) is 26.4. The number of likely N-dealkylation sites (tertiary alicyclic amines) is 1. The van der Waals surface area contributed by atoms with Crippen LogP contribution >= 0.6 is 24.0 Å². The second-order valence-corrected chi connectivity index (χ2v) is 9.08. The fourth-order valence-corrected chi connectivity index (χ4v) is 4.13. The molecule has 0 bridgehead atoms. The highest BCUT2D eigenvalue weighted by Crippen LogP contribution is 2.19. The molecule has 0 spiro atoms. The fraction of sp³-hybridized carbons (Fsp3) is 0.708. The summed E-state index contributed by atoms with van der Waals surface area (Å²) >= 11 is 0. The van der Waals surface area contributed by atoms with E-state index < -0.39 is 0 Å². The lowest BCUT2D eigenvalue weighted by molar-refractivity contribution is -0.0390. The molecule has 176 valence electrons. The van der Waals surface area contributed by atoms with Gasteiger partial charge in [0.05, 0.1) is 12.7 Å². The lowest BCUT2D eigenvalue weighted by atomic mass is 9.98. The van der Waals surface area contributed by atoms with Crippen molar-refractivity contribution in [3.63, 3.8) is 0 Å². The molecule has 0 unspecified atom stereocenters. The van der Waals surface area contributed by atoms with Gasteiger partial charge in [0, 0.05) is 38.9 Å². The maximum Gasteiger partial charge on any atom is 0.191 e. The molecule has 1 aromatic carbocycles.